The van der Waals surface area contributed by atoms with E-state index in [2.05, 4.69) is 0 Å². The number of esters is 1. The van der Waals surface area contributed by atoms with Crippen LogP contribution in [0.2, 0.25) is 0 Å². The van der Waals surface area contributed by atoms with Crippen LogP contribution in [0.1, 0.15) is 32.4 Å². The topological polar surface area (TPSA) is 52.3 Å². The number of carbonyl (C=O) groups excluding carboxylic acids is 1. The fourth-order valence-electron chi connectivity index (χ4n) is 1.33. The predicted octanol–water partition coefficient (Wildman–Crippen LogP) is 2.75. The first-order chi connectivity index (χ1) is 7.99. The third kappa shape index (κ3) is 5.24. The van der Waals surface area contributed by atoms with Crippen molar-refractivity contribution >= 4 is 17.7 Å². The van der Waals surface area contributed by atoms with Crippen molar-refractivity contribution in [2.75, 3.05) is 5.75 Å². The summed E-state index contributed by atoms with van der Waals surface area (Å²) >= 11 is 1.47. The van der Waals surface area contributed by atoms with Crippen molar-refractivity contribution < 1.29 is 9.53 Å². The van der Waals surface area contributed by atoms with Gasteiger partial charge in [-0.3, -0.25) is 4.79 Å². The van der Waals surface area contributed by atoms with Crippen LogP contribution in [-0.2, 0) is 9.53 Å². The van der Waals surface area contributed by atoms with Crippen LogP contribution in [0.4, 0.5) is 0 Å². The lowest BCUT2D eigenvalue weighted by molar-refractivity contribution is -0.144. The molecule has 0 radical (unpaired) electrons. The van der Waals surface area contributed by atoms with Gasteiger partial charge in [0.2, 0.25) is 0 Å². The minimum Gasteiger partial charge on any atom is -0.462 e. The molecule has 3 nitrogen and oxygen atoms in total. The molecule has 0 amide bonds. The standard InChI is InChI=1S/C13H19NO2S/c1-9(2)16-13(15)8-17-12-6-4-5-11(7-12)10(3)14/h4-7,9-10H,8,14H2,1-3H3. The van der Waals surface area contributed by atoms with Crippen LogP contribution in [0.5, 0.6) is 0 Å². The Morgan fingerprint density at radius 1 is 1.41 bits per heavy atom. The fraction of sp³-hybridized carbons (Fsp3) is 0.462. The molecule has 1 rings (SSSR count). The molecule has 0 saturated heterocycles. The lowest BCUT2D eigenvalue weighted by Crippen LogP contribution is -2.13. The Labute approximate surface area is 107 Å². The highest BCUT2D eigenvalue weighted by Gasteiger charge is 2.07. The molecule has 0 saturated carbocycles. The van der Waals surface area contributed by atoms with Gasteiger partial charge in [-0.05, 0) is 38.5 Å². The molecule has 94 valence electrons. The zero-order valence-corrected chi connectivity index (χ0v) is 11.3. The largest absolute Gasteiger partial charge is 0.462 e. The maximum atomic E-state index is 11.4. The lowest BCUT2D eigenvalue weighted by atomic mass is 10.1. The van der Waals surface area contributed by atoms with Crippen molar-refractivity contribution in [3.05, 3.63) is 29.8 Å². The van der Waals surface area contributed by atoms with Crippen LogP contribution in [0, 0.1) is 0 Å². The molecule has 17 heavy (non-hydrogen) atoms. The van der Waals surface area contributed by atoms with Crippen LogP contribution in [0.25, 0.3) is 0 Å². The minimum atomic E-state index is -0.184. The third-order valence-electron chi connectivity index (χ3n) is 2.11. The Hall–Kier alpha value is -1.00. The van der Waals surface area contributed by atoms with E-state index < -0.39 is 0 Å². The van der Waals surface area contributed by atoms with Crippen LogP contribution < -0.4 is 5.73 Å². The SMILES string of the molecule is CC(C)OC(=O)CSc1cccc(C(C)N)c1. The highest BCUT2D eigenvalue weighted by atomic mass is 32.2. The highest BCUT2D eigenvalue weighted by molar-refractivity contribution is 8.00. The van der Waals surface area contributed by atoms with Crippen LogP contribution in [0.3, 0.4) is 0 Å². The first-order valence-corrected chi connectivity index (χ1v) is 6.65. The number of hydrogen-bond donors (Lipinski definition) is 1. The van der Waals surface area contributed by atoms with E-state index in [4.69, 9.17) is 10.5 Å². The van der Waals surface area contributed by atoms with Crippen molar-refractivity contribution in [1.82, 2.24) is 0 Å². The van der Waals surface area contributed by atoms with Gasteiger partial charge >= 0.3 is 5.97 Å². The van der Waals surface area contributed by atoms with Gasteiger partial charge in [0.05, 0.1) is 11.9 Å². The van der Waals surface area contributed by atoms with Gasteiger partial charge in [-0.1, -0.05) is 12.1 Å². The summed E-state index contributed by atoms with van der Waals surface area (Å²) in [7, 11) is 0. The highest BCUT2D eigenvalue weighted by Crippen LogP contribution is 2.21. The van der Waals surface area contributed by atoms with Crippen molar-refractivity contribution in [2.24, 2.45) is 5.73 Å². The fourth-order valence-corrected chi connectivity index (χ4v) is 2.07. The zero-order chi connectivity index (χ0) is 12.8. The summed E-state index contributed by atoms with van der Waals surface area (Å²) in [5, 5.41) is 0. The van der Waals surface area contributed by atoms with E-state index >= 15 is 0 Å². The average Bonchev–Trinajstić information content (AvgIpc) is 2.26. The van der Waals surface area contributed by atoms with E-state index in [1.54, 1.807) is 0 Å². The molecule has 1 atom stereocenters. The first kappa shape index (κ1) is 14.1. The smallest absolute Gasteiger partial charge is 0.316 e. The van der Waals surface area contributed by atoms with Crippen LogP contribution >= 0.6 is 11.8 Å². The molecule has 0 aliphatic heterocycles. The molecule has 0 bridgehead atoms. The number of ether oxygens (including phenoxy) is 1. The number of carbonyl (C=O) groups is 1. The maximum Gasteiger partial charge on any atom is 0.316 e. The third-order valence-corrected chi connectivity index (χ3v) is 3.08. The molecule has 0 aliphatic rings. The van der Waals surface area contributed by atoms with Gasteiger partial charge in [0.15, 0.2) is 0 Å². The van der Waals surface area contributed by atoms with E-state index in [1.807, 2.05) is 45.0 Å². The van der Waals surface area contributed by atoms with Gasteiger partial charge in [0, 0.05) is 10.9 Å². The van der Waals surface area contributed by atoms with E-state index in [-0.39, 0.29) is 18.1 Å². The molecule has 0 aromatic heterocycles. The van der Waals surface area contributed by atoms with Crippen molar-refractivity contribution in [1.29, 1.82) is 0 Å². The molecule has 1 aromatic rings. The molecular weight excluding hydrogens is 234 g/mol. The predicted molar refractivity (Wildman–Crippen MR) is 71.0 cm³/mol. The quantitative estimate of drug-likeness (QED) is 0.647. The normalized spacial score (nSPS) is 12.5. The molecular formula is C13H19NO2S. The van der Waals surface area contributed by atoms with Crippen molar-refractivity contribution in [3.63, 3.8) is 0 Å². The van der Waals surface area contributed by atoms with Crippen molar-refractivity contribution in [2.45, 2.75) is 37.8 Å². The summed E-state index contributed by atoms with van der Waals surface area (Å²) in [4.78, 5) is 12.4. The van der Waals surface area contributed by atoms with Gasteiger partial charge in [-0.2, -0.15) is 0 Å². The van der Waals surface area contributed by atoms with Crippen LogP contribution in [-0.4, -0.2) is 17.8 Å². The van der Waals surface area contributed by atoms with E-state index in [9.17, 15) is 4.79 Å². The first-order valence-electron chi connectivity index (χ1n) is 5.67. The maximum absolute atomic E-state index is 11.4. The summed E-state index contributed by atoms with van der Waals surface area (Å²) in [5.74, 6) is 0.150. The molecule has 4 heteroatoms. The second-order valence-electron chi connectivity index (χ2n) is 4.19. The molecule has 1 unspecified atom stereocenters. The molecule has 0 spiro atoms. The van der Waals surface area contributed by atoms with Gasteiger partial charge in [0.1, 0.15) is 0 Å². The minimum absolute atomic E-state index is 0.0122. The Morgan fingerprint density at radius 2 is 2.12 bits per heavy atom. The number of rotatable bonds is 5. The molecule has 0 heterocycles. The van der Waals surface area contributed by atoms with Gasteiger partial charge in [-0.15, -0.1) is 11.8 Å². The Morgan fingerprint density at radius 3 is 2.71 bits per heavy atom. The summed E-state index contributed by atoms with van der Waals surface area (Å²) in [6.45, 7) is 5.63. The monoisotopic (exact) mass is 253 g/mol. The zero-order valence-electron chi connectivity index (χ0n) is 10.5. The van der Waals surface area contributed by atoms with E-state index in [0.717, 1.165) is 10.5 Å². The number of thioether (sulfide) groups is 1. The van der Waals surface area contributed by atoms with E-state index in [1.165, 1.54) is 11.8 Å². The molecule has 0 fully saturated rings. The second-order valence-corrected chi connectivity index (χ2v) is 5.24. The number of hydrogen-bond acceptors (Lipinski definition) is 4. The van der Waals surface area contributed by atoms with Crippen molar-refractivity contribution in [3.8, 4) is 0 Å². The average molecular weight is 253 g/mol. The molecule has 2 N–H and O–H groups in total. The van der Waals surface area contributed by atoms with Gasteiger partial charge in [0.25, 0.3) is 0 Å². The second kappa shape index (κ2) is 6.67. The summed E-state index contributed by atoms with van der Waals surface area (Å²) in [6, 6.07) is 7.94. The Kier molecular flexibility index (Phi) is 5.51. The van der Waals surface area contributed by atoms with Gasteiger partial charge in [-0.25, -0.2) is 0 Å². The Balaban J connectivity index is 2.52. The Bertz CT molecular complexity index is 377. The van der Waals surface area contributed by atoms with Crippen LogP contribution in [0.15, 0.2) is 29.2 Å². The number of benzene rings is 1. The summed E-state index contributed by atoms with van der Waals surface area (Å²) in [6.07, 6.45) is -0.0569. The number of nitrogens with two attached hydrogens (primary N) is 1. The molecule has 1 aromatic carbocycles. The molecule has 0 aliphatic carbocycles. The summed E-state index contributed by atoms with van der Waals surface area (Å²) in [5.41, 5.74) is 6.88. The van der Waals surface area contributed by atoms with Gasteiger partial charge < -0.3 is 10.5 Å². The van der Waals surface area contributed by atoms with E-state index in [0.29, 0.717) is 5.75 Å². The summed E-state index contributed by atoms with van der Waals surface area (Å²) < 4.78 is 5.07. The lowest BCUT2D eigenvalue weighted by Gasteiger charge is -2.09.